The average Bonchev–Trinajstić information content (AvgIpc) is 2.46. The summed E-state index contributed by atoms with van der Waals surface area (Å²) >= 11 is 0. The van der Waals surface area contributed by atoms with Crippen LogP contribution >= 0.6 is 12.4 Å². The number of amidine groups is 1. The normalized spacial score (nSPS) is 22.5. The van der Waals surface area contributed by atoms with Crippen molar-refractivity contribution in [2.75, 3.05) is 29.9 Å². The van der Waals surface area contributed by atoms with Gasteiger partial charge in [0.05, 0.1) is 17.4 Å². The Bertz CT molecular complexity index is 679. The van der Waals surface area contributed by atoms with Crippen LogP contribution in [0.15, 0.2) is 17.2 Å². The molecule has 3 aliphatic rings. The molecule has 0 saturated carbocycles. The van der Waals surface area contributed by atoms with Gasteiger partial charge >= 0.3 is 0 Å². The molecule has 1 aromatic carbocycles. The maximum absolute atomic E-state index is 14.2. The number of hydrogen-bond donors (Lipinski definition) is 3. The molecule has 3 aliphatic heterocycles. The van der Waals surface area contributed by atoms with E-state index in [1.807, 2.05) is 0 Å². The number of fused-ring (bicyclic) bond motifs is 3. The quantitative estimate of drug-likeness (QED) is 0.736. The predicted octanol–water partition coefficient (Wildman–Crippen LogP) is 0.662. The molecule has 9 heteroatoms. The molecular weight excluding hydrogens is 325 g/mol. The Labute approximate surface area is 138 Å². The first kappa shape index (κ1) is 15.8. The minimum absolute atomic E-state index is 0. The Morgan fingerprint density at radius 1 is 1.43 bits per heavy atom. The van der Waals surface area contributed by atoms with Crippen LogP contribution in [0.4, 0.5) is 15.8 Å². The van der Waals surface area contributed by atoms with Crippen LogP contribution < -0.4 is 25.7 Å². The van der Waals surface area contributed by atoms with E-state index in [0.29, 0.717) is 23.0 Å². The van der Waals surface area contributed by atoms with Gasteiger partial charge in [0.1, 0.15) is 24.2 Å². The third kappa shape index (κ3) is 2.57. The van der Waals surface area contributed by atoms with Crippen LogP contribution in [-0.4, -0.2) is 43.5 Å². The predicted molar refractivity (Wildman–Crippen MR) is 86.9 cm³/mol. The van der Waals surface area contributed by atoms with Crippen LogP contribution in [0.3, 0.4) is 0 Å². The van der Waals surface area contributed by atoms with Crippen molar-refractivity contribution in [3.8, 4) is 5.75 Å². The summed E-state index contributed by atoms with van der Waals surface area (Å²) in [6.45, 7) is 3.60. The lowest BCUT2D eigenvalue weighted by atomic mass is 10.1. The van der Waals surface area contributed by atoms with E-state index in [4.69, 9.17) is 4.74 Å². The SMILES string of the molecule is CC1C(=O)NN=C2COc3cc(F)c(NC4CNC4)cc3N21.Cl. The lowest BCUT2D eigenvalue weighted by molar-refractivity contribution is -0.122. The van der Waals surface area contributed by atoms with Gasteiger partial charge in [-0.1, -0.05) is 0 Å². The van der Waals surface area contributed by atoms with Crippen LogP contribution in [0.5, 0.6) is 5.75 Å². The maximum Gasteiger partial charge on any atom is 0.262 e. The van der Waals surface area contributed by atoms with Gasteiger partial charge in [-0.05, 0) is 13.0 Å². The van der Waals surface area contributed by atoms with Crippen LogP contribution in [0, 0.1) is 5.82 Å². The van der Waals surface area contributed by atoms with Crippen molar-refractivity contribution in [2.45, 2.75) is 19.0 Å². The second-order valence-electron chi connectivity index (χ2n) is 5.64. The van der Waals surface area contributed by atoms with Crippen molar-refractivity contribution in [1.82, 2.24) is 10.7 Å². The zero-order valence-corrected chi connectivity index (χ0v) is 13.2. The summed E-state index contributed by atoms with van der Waals surface area (Å²) in [5.74, 6) is 0.483. The molecular formula is C14H17ClFN5O2. The number of amides is 1. The number of halogens is 2. The molecule has 3 N–H and O–H groups in total. The zero-order chi connectivity index (χ0) is 15.3. The first-order valence-corrected chi connectivity index (χ1v) is 7.23. The zero-order valence-electron chi connectivity index (χ0n) is 12.4. The van der Waals surface area contributed by atoms with E-state index in [1.165, 1.54) is 6.07 Å². The van der Waals surface area contributed by atoms with Gasteiger partial charge in [-0.25, -0.2) is 9.82 Å². The minimum atomic E-state index is -0.418. The second-order valence-corrected chi connectivity index (χ2v) is 5.64. The van der Waals surface area contributed by atoms with Crippen LogP contribution in [0.2, 0.25) is 0 Å². The molecule has 23 heavy (non-hydrogen) atoms. The fourth-order valence-corrected chi connectivity index (χ4v) is 2.77. The van der Waals surface area contributed by atoms with E-state index in [1.54, 1.807) is 17.9 Å². The summed E-state index contributed by atoms with van der Waals surface area (Å²) in [6, 6.07) is 2.85. The number of nitrogens with one attached hydrogen (secondary N) is 3. The smallest absolute Gasteiger partial charge is 0.262 e. The van der Waals surface area contributed by atoms with Crippen LogP contribution in [0.1, 0.15) is 6.92 Å². The first-order valence-electron chi connectivity index (χ1n) is 7.23. The van der Waals surface area contributed by atoms with Crippen molar-refractivity contribution >= 4 is 35.5 Å². The topological polar surface area (TPSA) is 78.0 Å². The molecule has 0 radical (unpaired) electrons. The molecule has 1 amide bonds. The minimum Gasteiger partial charge on any atom is -0.483 e. The highest BCUT2D eigenvalue weighted by atomic mass is 35.5. The van der Waals surface area contributed by atoms with Gasteiger partial charge in [-0.3, -0.25) is 4.79 Å². The highest BCUT2D eigenvalue weighted by Crippen LogP contribution is 2.38. The molecule has 4 rings (SSSR count). The number of carbonyl (C=O) groups excluding carboxylic acids is 1. The van der Waals surface area contributed by atoms with Crippen molar-refractivity contribution in [3.05, 3.63) is 17.9 Å². The number of rotatable bonds is 2. The largest absolute Gasteiger partial charge is 0.483 e. The van der Waals surface area contributed by atoms with E-state index in [9.17, 15) is 9.18 Å². The number of benzene rings is 1. The van der Waals surface area contributed by atoms with Crippen molar-refractivity contribution in [3.63, 3.8) is 0 Å². The Kier molecular flexibility index (Phi) is 4.03. The molecule has 3 heterocycles. The van der Waals surface area contributed by atoms with Gasteiger partial charge in [0.15, 0.2) is 5.84 Å². The summed E-state index contributed by atoms with van der Waals surface area (Å²) < 4.78 is 19.8. The first-order chi connectivity index (χ1) is 10.6. The summed E-state index contributed by atoms with van der Waals surface area (Å²) in [6.07, 6.45) is 0. The molecule has 7 nitrogen and oxygen atoms in total. The Morgan fingerprint density at radius 3 is 2.91 bits per heavy atom. The lowest BCUT2D eigenvalue weighted by Gasteiger charge is -2.38. The van der Waals surface area contributed by atoms with Gasteiger partial charge in [0.2, 0.25) is 0 Å². The van der Waals surface area contributed by atoms with Crippen molar-refractivity contribution in [2.24, 2.45) is 5.10 Å². The molecule has 1 aromatic rings. The summed E-state index contributed by atoms with van der Waals surface area (Å²) in [5.41, 5.74) is 3.53. The van der Waals surface area contributed by atoms with Crippen molar-refractivity contribution in [1.29, 1.82) is 0 Å². The number of anilines is 2. The molecule has 0 aliphatic carbocycles. The number of hydrazone groups is 1. The monoisotopic (exact) mass is 341 g/mol. The number of carbonyl (C=O) groups is 1. The average molecular weight is 342 g/mol. The Hall–Kier alpha value is -2.06. The molecule has 1 fully saturated rings. The highest BCUT2D eigenvalue weighted by molar-refractivity contribution is 6.09. The molecule has 0 aromatic heterocycles. The van der Waals surface area contributed by atoms with Crippen molar-refractivity contribution < 1.29 is 13.9 Å². The summed E-state index contributed by atoms with van der Waals surface area (Å²) in [7, 11) is 0. The fraction of sp³-hybridized carbons (Fsp3) is 0.429. The third-order valence-electron chi connectivity index (χ3n) is 4.15. The van der Waals surface area contributed by atoms with Gasteiger partial charge < -0.3 is 20.3 Å². The maximum atomic E-state index is 14.2. The molecule has 1 atom stereocenters. The van der Waals surface area contributed by atoms with Gasteiger partial charge in [0.25, 0.3) is 5.91 Å². The summed E-state index contributed by atoms with van der Waals surface area (Å²) in [5, 5.41) is 10.3. The highest BCUT2D eigenvalue weighted by Gasteiger charge is 2.36. The van der Waals surface area contributed by atoms with E-state index in [2.05, 4.69) is 21.2 Å². The Morgan fingerprint density at radius 2 is 2.22 bits per heavy atom. The fourth-order valence-electron chi connectivity index (χ4n) is 2.77. The van der Waals surface area contributed by atoms with E-state index in [0.717, 1.165) is 13.1 Å². The molecule has 1 unspecified atom stereocenters. The number of ether oxygens (including phenoxy) is 1. The van der Waals surface area contributed by atoms with Gasteiger partial charge in [-0.15, -0.1) is 12.4 Å². The van der Waals surface area contributed by atoms with Crippen LogP contribution in [0.25, 0.3) is 0 Å². The molecule has 124 valence electrons. The third-order valence-corrected chi connectivity index (χ3v) is 4.15. The van der Waals surface area contributed by atoms with Gasteiger partial charge in [0, 0.05) is 19.2 Å². The van der Waals surface area contributed by atoms with Crippen LogP contribution in [-0.2, 0) is 4.79 Å². The van der Waals surface area contributed by atoms with E-state index >= 15 is 0 Å². The Balaban J connectivity index is 0.00000156. The lowest BCUT2D eigenvalue weighted by Crippen LogP contribution is -2.55. The van der Waals surface area contributed by atoms with E-state index < -0.39 is 6.04 Å². The van der Waals surface area contributed by atoms with Gasteiger partial charge in [-0.2, -0.15) is 5.10 Å². The standard InChI is InChI=1S/C14H16FN5O2.ClH/c1-7-14(21)19-18-13-6-22-12-2-9(15)10(3-11(12)20(7)13)17-8-4-16-5-8;/h2-3,7-8,16-17H,4-6H2,1H3,(H,19,21);1H. The number of hydrogen-bond acceptors (Lipinski definition) is 6. The molecule has 0 bridgehead atoms. The van der Waals surface area contributed by atoms with E-state index in [-0.39, 0.29) is 36.8 Å². The molecule has 1 saturated heterocycles. The second kappa shape index (κ2) is 5.86. The summed E-state index contributed by atoms with van der Waals surface area (Å²) in [4.78, 5) is 13.6. The molecule has 0 spiro atoms. The number of nitrogens with zero attached hydrogens (tertiary/aromatic N) is 2.